The molecular weight excluding hydrogens is 310 g/mol. The van der Waals surface area contributed by atoms with Crippen molar-refractivity contribution < 1.29 is 4.79 Å². The number of carbonyl (C=O) groups is 1. The average molecular weight is 329 g/mol. The quantitative estimate of drug-likeness (QED) is 0.795. The fourth-order valence-corrected chi connectivity index (χ4v) is 3.17. The predicted molar refractivity (Wildman–Crippen MR) is 93.0 cm³/mol. The van der Waals surface area contributed by atoms with Gasteiger partial charge in [0.05, 0.1) is 5.69 Å². The van der Waals surface area contributed by atoms with Crippen LogP contribution in [-0.2, 0) is 0 Å². The molecule has 0 radical (unpaired) electrons. The molecule has 0 spiro atoms. The van der Waals surface area contributed by atoms with Crippen molar-refractivity contribution in [3.05, 3.63) is 35.2 Å². The van der Waals surface area contributed by atoms with E-state index in [2.05, 4.69) is 46.6 Å². The minimum absolute atomic E-state index is 0.176. The number of hydrogen-bond donors (Lipinski definition) is 1. The molecule has 3 rings (SSSR count). The second-order valence-electron chi connectivity index (χ2n) is 5.22. The summed E-state index contributed by atoms with van der Waals surface area (Å²) in [5, 5.41) is 9.20. The summed E-state index contributed by atoms with van der Waals surface area (Å²) in [4.78, 5) is 18.9. The fourth-order valence-electron chi connectivity index (χ4n) is 2.34. The first-order valence-electron chi connectivity index (χ1n) is 7.59. The number of aromatic nitrogens is 3. The molecule has 0 saturated carbocycles. The van der Waals surface area contributed by atoms with Crippen LogP contribution in [0.5, 0.6) is 0 Å². The van der Waals surface area contributed by atoms with E-state index in [9.17, 15) is 4.79 Å². The molecule has 120 valence electrons. The van der Waals surface area contributed by atoms with Gasteiger partial charge < -0.3 is 4.90 Å². The molecule has 0 fully saturated rings. The second-order valence-corrected chi connectivity index (χ2v) is 6.06. The highest BCUT2D eigenvalue weighted by Crippen LogP contribution is 2.26. The number of thiazole rings is 1. The lowest BCUT2D eigenvalue weighted by Crippen LogP contribution is -2.34. The molecule has 1 N–H and O–H groups in total. The monoisotopic (exact) mass is 329 g/mol. The minimum Gasteiger partial charge on any atom is -0.325 e. The zero-order valence-corrected chi connectivity index (χ0v) is 14.2. The van der Waals surface area contributed by atoms with Crippen LogP contribution in [-0.4, -0.2) is 38.6 Å². The summed E-state index contributed by atoms with van der Waals surface area (Å²) >= 11 is 1.51. The van der Waals surface area contributed by atoms with E-state index in [0.717, 1.165) is 16.2 Å². The number of hydrogen-bond acceptors (Lipinski definition) is 4. The highest BCUT2D eigenvalue weighted by atomic mass is 32.1. The van der Waals surface area contributed by atoms with Gasteiger partial charge in [0.15, 0.2) is 0 Å². The molecule has 2 amide bonds. The third-order valence-corrected chi connectivity index (χ3v) is 4.51. The zero-order chi connectivity index (χ0) is 16.4. The van der Waals surface area contributed by atoms with Crippen LogP contribution in [0.25, 0.3) is 16.2 Å². The molecule has 2 heterocycles. The van der Waals surface area contributed by atoms with Crippen molar-refractivity contribution in [2.75, 3.05) is 18.4 Å². The molecule has 0 atom stereocenters. The molecule has 0 aliphatic heterocycles. The number of benzene rings is 1. The molecule has 0 saturated heterocycles. The molecule has 0 aliphatic rings. The minimum atomic E-state index is -0.176. The first-order valence-corrected chi connectivity index (χ1v) is 8.47. The molecule has 0 aliphatic carbocycles. The standard InChI is InChI=1S/C16H19N5OS/c1-4-20(5-2)15(22)17-14-18-16-21(19-14)13(10-23-16)12-8-6-11(3)7-9-12/h6-10H,4-5H2,1-3H3,(H,17,19,22). The largest absolute Gasteiger partial charge is 0.325 e. The number of carbonyl (C=O) groups excluding carboxylic acids is 1. The van der Waals surface area contributed by atoms with Gasteiger partial charge in [0.25, 0.3) is 5.95 Å². The molecule has 0 bridgehead atoms. The van der Waals surface area contributed by atoms with Crippen LogP contribution in [0.15, 0.2) is 29.6 Å². The lowest BCUT2D eigenvalue weighted by molar-refractivity contribution is 0.217. The van der Waals surface area contributed by atoms with Crippen molar-refractivity contribution in [2.24, 2.45) is 0 Å². The van der Waals surface area contributed by atoms with Crippen LogP contribution in [0, 0.1) is 6.92 Å². The molecule has 0 unspecified atom stereocenters. The number of rotatable bonds is 4. The van der Waals surface area contributed by atoms with Gasteiger partial charge in [0.2, 0.25) is 4.96 Å². The van der Waals surface area contributed by atoms with E-state index in [1.54, 1.807) is 9.42 Å². The zero-order valence-electron chi connectivity index (χ0n) is 13.4. The predicted octanol–water partition coefficient (Wildman–Crippen LogP) is 3.64. The van der Waals surface area contributed by atoms with E-state index in [1.807, 2.05) is 19.2 Å². The Bertz CT molecular complexity index is 817. The Morgan fingerprint density at radius 1 is 1.26 bits per heavy atom. The van der Waals surface area contributed by atoms with Gasteiger partial charge in [-0.1, -0.05) is 29.8 Å². The lowest BCUT2D eigenvalue weighted by atomic mass is 10.1. The summed E-state index contributed by atoms with van der Waals surface area (Å²) in [6.45, 7) is 7.25. The Morgan fingerprint density at radius 3 is 2.61 bits per heavy atom. The van der Waals surface area contributed by atoms with E-state index in [1.165, 1.54) is 16.9 Å². The Morgan fingerprint density at radius 2 is 1.96 bits per heavy atom. The van der Waals surface area contributed by atoms with Crippen LogP contribution < -0.4 is 5.32 Å². The van der Waals surface area contributed by atoms with Crippen molar-refractivity contribution in [1.82, 2.24) is 19.5 Å². The normalized spacial score (nSPS) is 10.9. The van der Waals surface area contributed by atoms with Crippen molar-refractivity contribution in [2.45, 2.75) is 20.8 Å². The van der Waals surface area contributed by atoms with Crippen LogP contribution in [0.1, 0.15) is 19.4 Å². The number of anilines is 1. The Kier molecular flexibility index (Phi) is 4.29. The third-order valence-electron chi connectivity index (χ3n) is 3.70. The number of fused-ring (bicyclic) bond motifs is 1. The number of nitrogens with zero attached hydrogens (tertiary/aromatic N) is 4. The maximum absolute atomic E-state index is 12.1. The topological polar surface area (TPSA) is 62.5 Å². The molecule has 3 aromatic rings. The number of amides is 2. The van der Waals surface area contributed by atoms with E-state index in [0.29, 0.717) is 19.0 Å². The fraction of sp³-hybridized carbons (Fsp3) is 0.312. The first-order chi connectivity index (χ1) is 11.1. The maximum atomic E-state index is 12.1. The highest BCUT2D eigenvalue weighted by Gasteiger charge is 2.15. The first kappa shape index (κ1) is 15.5. The summed E-state index contributed by atoms with van der Waals surface area (Å²) in [6.07, 6.45) is 0. The van der Waals surface area contributed by atoms with Gasteiger partial charge in [0.1, 0.15) is 0 Å². The van der Waals surface area contributed by atoms with Gasteiger partial charge in [-0.15, -0.1) is 16.4 Å². The molecule has 1 aromatic carbocycles. The van der Waals surface area contributed by atoms with Crippen LogP contribution in [0.3, 0.4) is 0 Å². The summed E-state index contributed by atoms with van der Waals surface area (Å²) in [7, 11) is 0. The Labute approximate surface area is 138 Å². The van der Waals surface area contributed by atoms with Gasteiger partial charge >= 0.3 is 6.03 Å². The van der Waals surface area contributed by atoms with Gasteiger partial charge in [-0.2, -0.15) is 4.98 Å². The van der Waals surface area contributed by atoms with Gasteiger partial charge in [-0.25, -0.2) is 9.31 Å². The van der Waals surface area contributed by atoms with E-state index in [-0.39, 0.29) is 6.03 Å². The van der Waals surface area contributed by atoms with E-state index in [4.69, 9.17) is 0 Å². The second kappa shape index (κ2) is 6.37. The Hall–Kier alpha value is -2.41. The molecule has 6 nitrogen and oxygen atoms in total. The lowest BCUT2D eigenvalue weighted by Gasteiger charge is -2.17. The third kappa shape index (κ3) is 3.05. The molecule has 7 heteroatoms. The maximum Gasteiger partial charge on any atom is 0.324 e. The van der Waals surface area contributed by atoms with E-state index < -0.39 is 0 Å². The average Bonchev–Trinajstić information content (AvgIpc) is 3.09. The smallest absolute Gasteiger partial charge is 0.324 e. The van der Waals surface area contributed by atoms with Crippen LogP contribution >= 0.6 is 11.3 Å². The summed E-state index contributed by atoms with van der Waals surface area (Å²) in [5.74, 6) is 0.335. The number of nitrogens with one attached hydrogen (secondary N) is 1. The Balaban J connectivity index is 1.88. The van der Waals surface area contributed by atoms with Crippen molar-refractivity contribution in [3.63, 3.8) is 0 Å². The van der Waals surface area contributed by atoms with Gasteiger partial charge in [-0.3, -0.25) is 5.32 Å². The van der Waals surface area contributed by atoms with Crippen LogP contribution in [0.2, 0.25) is 0 Å². The van der Waals surface area contributed by atoms with Crippen LogP contribution in [0.4, 0.5) is 10.7 Å². The van der Waals surface area contributed by atoms with Crippen molar-refractivity contribution in [1.29, 1.82) is 0 Å². The number of urea groups is 1. The SMILES string of the molecule is CCN(CC)C(=O)Nc1nc2scc(-c3ccc(C)cc3)n2n1. The summed E-state index contributed by atoms with van der Waals surface area (Å²) in [5.41, 5.74) is 3.26. The number of aryl methyl sites for hydroxylation is 1. The summed E-state index contributed by atoms with van der Waals surface area (Å²) in [6, 6.07) is 8.09. The van der Waals surface area contributed by atoms with Crippen molar-refractivity contribution in [3.8, 4) is 11.3 Å². The van der Waals surface area contributed by atoms with Gasteiger partial charge in [0, 0.05) is 24.0 Å². The molecule has 23 heavy (non-hydrogen) atoms. The van der Waals surface area contributed by atoms with E-state index >= 15 is 0 Å². The van der Waals surface area contributed by atoms with Crippen molar-refractivity contribution >= 4 is 28.3 Å². The molecular formula is C16H19N5OS. The summed E-state index contributed by atoms with van der Waals surface area (Å²) < 4.78 is 1.77. The van der Waals surface area contributed by atoms with Gasteiger partial charge in [-0.05, 0) is 20.8 Å². The highest BCUT2D eigenvalue weighted by molar-refractivity contribution is 7.15. The molecule has 2 aromatic heterocycles.